The van der Waals surface area contributed by atoms with E-state index in [0.717, 1.165) is 10.2 Å². The zero-order valence-electron chi connectivity index (χ0n) is 13.0. The Bertz CT molecular complexity index is 807. The van der Waals surface area contributed by atoms with Gasteiger partial charge in [-0.3, -0.25) is 4.79 Å². The van der Waals surface area contributed by atoms with E-state index >= 15 is 0 Å². The highest BCUT2D eigenvalue weighted by atomic mass is 79.9. The van der Waals surface area contributed by atoms with E-state index in [1.165, 1.54) is 5.01 Å². The van der Waals surface area contributed by atoms with Crippen LogP contribution < -0.4 is 0 Å². The largest absolute Gasteiger partial charge is 0.365 e. The number of nitrogens with zero attached hydrogens (tertiary/aromatic N) is 2. The summed E-state index contributed by atoms with van der Waals surface area (Å²) in [5.74, 6) is -0.383. The molecule has 0 spiro atoms. The molecule has 124 valence electrons. The fourth-order valence-electron chi connectivity index (χ4n) is 2.71. The Hall–Kier alpha value is -1.69. The molecule has 1 aliphatic heterocycles. The molecule has 1 aliphatic rings. The molecule has 0 aromatic heterocycles. The predicted molar refractivity (Wildman–Crippen MR) is 98.0 cm³/mol. The number of amides is 1. The summed E-state index contributed by atoms with van der Waals surface area (Å²) in [6.07, 6.45) is 0.954. The van der Waals surface area contributed by atoms with Crippen LogP contribution in [0.3, 0.4) is 0 Å². The van der Waals surface area contributed by atoms with Crippen molar-refractivity contribution in [1.82, 2.24) is 5.01 Å². The number of carbonyl (C=O) groups is 1. The van der Waals surface area contributed by atoms with Gasteiger partial charge >= 0.3 is 0 Å². The summed E-state index contributed by atoms with van der Waals surface area (Å²) >= 11 is 9.36. The van der Waals surface area contributed by atoms with Crippen LogP contribution in [0.1, 0.15) is 35.7 Å². The zero-order valence-corrected chi connectivity index (χ0v) is 15.4. The van der Waals surface area contributed by atoms with Crippen molar-refractivity contribution >= 4 is 39.1 Å². The van der Waals surface area contributed by atoms with Gasteiger partial charge in [-0.2, -0.15) is 10.1 Å². The van der Waals surface area contributed by atoms with E-state index in [2.05, 4.69) is 21.0 Å². The zero-order chi connectivity index (χ0) is 17.3. The van der Waals surface area contributed by atoms with Gasteiger partial charge in [0.15, 0.2) is 5.72 Å². The van der Waals surface area contributed by atoms with Crippen molar-refractivity contribution in [2.45, 2.75) is 25.5 Å². The number of carbonyl (C=O) groups excluding carboxylic acids is 1. The Kier molecular flexibility index (Phi) is 4.76. The second-order valence-corrected chi connectivity index (χ2v) is 7.00. The van der Waals surface area contributed by atoms with Gasteiger partial charge in [-0.05, 0) is 36.8 Å². The lowest BCUT2D eigenvalue weighted by Crippen LogP contribution is -2.43. The minimum absolute atomic E-state index is 0.289. The van der Waals surface area contributed by atoms with Crippen molar-refractivity contribution < 1.29 is 9.90 Å². The summed E-state index contributed by atoms with van der Waals surface area (Å²) < 4.78 is 0.900. The maximum Gasteiger partial charge on any atom is 0.276 e. The molecule has 0 fully saturated rings. The summed E-state index contributed by atoms with van der Waals surface area (Å²) in [5.41, 5.74) is 0.286. The summed E-state index contributed by atoms with van der Waals surface area (Å²) in [5, 5.41) is 17.3. The van der Waals surface area contributed by atoms with Crippen LogP contribution in [0.15, 0.2) is 58.1 Å². The average molecular weight is 408 g/mol. The molecule has 0 bridgehead atoms. The quantitative estimate of drug-likeness (QED) is 0.811. The Morgan fingerprint density at radius 3 is 2.67 bits per heavy atom. The first kappa shape index (κ1) is 17.1. The molecular formula is C18H16BrClN2O2. The van der Waals surface area contributed by atoms with E-state index in [1.54, 1.807) is 36.4 Å². The third-order valence-corrected chi connectivity index (χ3v) is 4.78. The van der Waals surface area contributed by atoms with Gasteiger partial charge in [-0.15, -0.1) is 0 Å². The van der Waals surface area contributed by atoms with Crippen LogP contribution in [-0.4, -0.2) is 21.7 Å². The van der Waals surface area contributed by atoms with Gasteiger partial charge in [0.2, 0.25) is 0 Å². The molecule has 2 aromatic rings. The second-order valence-electron chi connectivity index (χ2n) is 5.65. The Balaban J connectivity index is 2.03. The van der Waals surface area contributed by atoms with Crippen LogP contribution in [0, 0.1) is 0 Å². The number of aliphatic hydroxyl groups is 1. The number of hydrogen-bond donors (Lipinski definition) is 1. The second kappa shape index (κ2) is 6.67. The fraction of sp³-hybridized carbons (Fsp3) is 0.222. The monoisotopic (exact) mass is 406 g/mol. The van der Waals surface area contributed by atoms with Gasteiger partial charge in [-0.25, -0.2) is 0 Å². The van der Waals surface area contributed by atoms with Crippen LogP contribution in [0.2, 0.25) is 5.02 Å². The van der Waals surface area contributed by atoms with E-state index in [4.69, 9.17) is 11.6 Å². The number of halogens is 2. The summed E-state index contributed by atoms with van der Waals surface area (Å²) in [7, 11) is 0. The van der Waals surface area contributed by atoms with Crippen LogP contribution in [0.25, 0.3) is 0 Å². The first-order valence-corrected chi connectivity index (χ1v) is 8.76. The first-order chi connectivity index (χ1) is 11.4. The molecule has 1 atom stereocenters. The number of benzene rings is 2. The number of hydrazone groups is 1. The lowest BCUT2D eigenvalue weighted by Gasteiger charge is -2.31. The molecule has 0 saturated carbocycles. The van der Waals surface area contributed by atoms with Crippen LogP contribution in [-0.2, 0) is 5.72 Å². The van der Waals surface area contributed by atoms with Crippen molar-refractivity contribution in [2.75, 3.05) is 0 Å². The van der Waals surface area contributed by atoms with Crippen molar-refractivity contribution in [2.24, 2.45) is 5.10 Å². The molecule has 4 nitrogen and oxygen atoms in total. The maximum atomic E-state index is 12.9. The van der Waals surface area contributed by atoms with Crippen molar-refractivity contribution in [3.8, 4) is 0 Å². The summed E-state index contributed by atoms with van der Waals surface area (Å²) in [6.45, 7) is 1.95. The van der Waals surface area contributed by atoms with Gasteiger partial charge in [0.25, 0.3) is 5.91 Å². The smallest absolute Gasteiger partial charge is 0.276 e. The van der Waals surface area contributed by atoms with Gasteiger partial charge in [-0.1, -0.05) is 52.7 Å². The Morgan fingerprint density at radius 1 is 1.33 bits per heavy atom. The highest BCUT2D eigenvalue weighted by Gasteiger charge is 2.45. The lowest BCUT2D eigenvalue weighted by atomic mass is 9.96. The molecule has 24 heavy (non-hydrogen) atoms. The van der Waals surface area contributed by atoms with Gasteiger partial charge in [0, 0.05) is 32.8 Å². The Morgan fingerprint density at radius 2 is 2.04 bits per heavy atom. The molecule has 6 heteroatoms. The van der Waals surface area contributed by atoms with Gasteiger partial charge in [0.05, 0.1) is 0 Å². The number of hydrogen-bond acceptors (Lipinski definition) is 3. The molecule has 0 radical (unpaired) electrons. The molecule has 0 unspecified atom stereocenters. The normalized spacial score (nSPS) is 20.2. The molecule has 0 aliphatic carbocycles. The topological polar surface area (TPSA) is 52.9 Å². The number of rotatable bonds is 3. The molecule has 1 amide bonds. The van der Waals surface area contributed by atoms with Crippen LogP contribution >= 0.6 is 27.5 Å². The summed E-state index contributed by atoms with van der Waals surface area (Å²) in [6, 6.07) is 13.9. The highest BCUT2D eigenvalue weighted by molar-refractivity contribution is 9.10. The minimum atomic E-state index is -1.49. The van der Waals surface area contributed by atoms with E-state index < -0.39 is 5.72 Å². The van der Waals surface area contributed by atoms with E-state index in [1.807, 2.05) is 19.1 Å². The standard InChI is InChI=1S/C18H16BrClN2O2/c1-2-16-11-18(24,13-6-8-14(19)9-7-13)22(21-16)17(23)12-4-3-5-15(20)10-12/h3-10,24H,2,11H2,1H3/t18-/m1/s1. The van der Waals surface area contributed by atoms with Gasteiger partial charge < -0.3 is 5.11 Å². The van der Waals surface area contributed by atoms with E-state index in [9.17, 15) is 9.90 Å². The molecule has 3 rings (SSSR count). The van der Waals surface area contributed by atoms with Gasteiger partial charge in [0.1, 0.15) is 0 Å². The Labute approximate surface area is 153 Å². The summed E-state index contributed by atoms with van der Waals surface area (Å²) in [4.78, 5) is 12.9. The fourth-order valence-corrected chi connectivity index (χ4v) is 3.17. The van der Waals surface area contributed by atoms with Crippen LogP contribution in [0.5, 0.6) is 0 Å². The molecule has 1 heterocycles. The first-order valence-electron chi connectivity index (χ1n) is 7.59. The maximum absolute atomic E-state index is 12.9. The molecular weight excluding hydrogens is 392 g/mol. The third kappa shape index (κ3) is 3.11. The highest BCUT2D eigenvalue weighted by Crippen LogP contribution is 2.37. The minimum Gasteiger partial charge on any atom is -0.365 e. The lowest BCUT2D eigenvalue weighted by molar-refractivity contribution is -0.0765. The van der Waals surface area contributed by atoms with Crippen LogP contribution in [0.4, 0.5) is 0 Å². The van der Waals surface area contributed by atoms with Crippen molar-refractivity contribution in [1.29, 1.82) is 0 Å². The predicted octanol–water partition coefficient (Wildman–Crippen LogP) is 4.56. The van der Waals surface area contributed by atoms with Crippen molar-refractivity contribution in [3.05, 3.63) is 69.2 Å². The SMILES string of the molecule is CCC1=NN(C(=O)c2cccc(Cl)c2)[C@](O)(c2ccc(Br)cc2)C1. The molecule has 1 N–H and O–H groups in total. The van der Waals surface area contributed by atoms with E-state index in [-0.39, 0.29) is 12.3 Å². The molecule has 0 saturated heterocycles. The third-order valence-electron chi connectivity index (χ3n) is 4.02. The van der Waals surface area contributed by atoms with Crippen molar-refractivity contribution in [3.63, 3.8) is 0 Å². The average Bonchev–Trinajstić information content (AvgIpc) is 2.93. The van der Waals surface area contributed by atoms with E-state index in [0.29, 0.717) is 22.6 Å². The molecule has 2 aromatic carbocycles.